The highest BCUT2D eigenvalue weighted by Crippen LogP contribution is 2.20. The number of hydrogen-bond acceptors (Lipinski definition) is 3. The average Bonchev–Trinajstić information content (AvgIpc) is 2.42. The molecule has 3 nitrogen and oxygen atoms in total. The topological polar surface area (TPSA) is 27.7 Å². The molecule has 1 saturated heterocycles. The zero-order valence-electron chi connectivity index (χ0n) is 13.6. The summed E-state index contributed by atoms with van der Waals surface area (Å²) in [4.78, 5) is 0. The second kappa shape index (κ2) is 11.9. The van der Waals surface area contributed by atoms with Crippen molar-refractivity contribution in [3.8, 4) is 0 Å². The largest absolute Gasteiger partial charge is 0.384 e. The van der Waals surface area contributed by atoms with Gasteiger partial charge in [-0.3, -0.25) is 0 Å². The summed E-state index contributed by atoms with van der Waals surface area (Å²) in [5.41, 5.74) is 1.38. The van der Waals surface area contributed by atoms with Crippen molar-refractivity contribution in [2.45, 2.75) is 34.1 Å². The summed E-state index contributed by atoms with van der Waals surface area (Å²) in [7, 11) is 1.69. The molecule has 0 N–H and O–H groups in total. The van der Waals surface area contributed by atoms with Crippen LogP contribution >= 0.6 is 0 Å². The monoisotopic (exact) mass is 282 g/mol. The molecule has 1 aliphatic rings. The van der Waals surface area contributed by atoms with Gasteiger partial charge in [-0.25, -0.2) is 0 Å². The molecule has 1 aromatic carbocycles. The Hall–Kier alpha value is -0.900. The molecule has 2 rings (SSSR count). The second-order valence-electron chi connectivity index (χ2n) is 5.42. The predicted molar refractivity (Wildman–Crippen MR) is 83.9 cm³/mol. The van der Waals surface area contributed by atoms with E-state index in [1.807, 2.05) is 18.2 Å². The Bertz CT molecular complexity index is 300. The lowest BCUT2D eigenvalue weighted by atomic mass is 9.94. The van der Waals surface area contributed by atoms with Gasteiger partial charge in [0.05, 0.1) is 19.8 Å². The smallest absolute Gasteiger partial charge is 0.146 e. The van der Waals surface area contributed by atoms with E-state index in [0.717, 1.165) is 13.2 Å². The van der Waals surface area contributed by atoms with Crippen LogP contribution in [-0.4, -0.2) is 33.7 Å². The van der Waals surface area contributed by atoms with Crippen LogP contribution in [0.15, 0.2) is 30.3 Å². The molecular formula is C17H30O3. The Morgan fingerprint density at radius 2 is 1.60 bits per heavy atom. The van der Waals surface area contributed by atoms with Crippen LogP contribution < -0.4 is 0 Å². The number of benzene rings is 1. The molecule has 1 aromatic rings. The van der Waals surface area contributed by atoms with Crippen LogP contribution in [0.2, 0.25) is 0 Å². The Kier molecular flexibility index (Phi) is 11.4. The van der Waals surface area contributed by atoms with Crippen LogP contribution in [0, 0.1) is 12.3 Å². The molecule has 0 aromatic heterocycles. The molecule has 0 atom stereocenters. The fourth-order valence-electron chi connectivity index (χ4n) is 1.64. The van der Waals surface area contributed by atoms with Gasteiger partial charge in [-0.05, 0) is 6.92 Å². The summed E-state index contributed by atoms with van der Waals surface area (Å²) in [6.45, 7) is 11.0. The third kappa shape index (κ3) is 9.96. The van der Waals surface area contributed by atoms with Crippen LogP contribution in [-0.2, 0) is 14.2 Å². The van der Waals surface area contributed by atoms with Gasteiger partial charge in [-0.1, -0.05) is 63.1 Å². The Morgan fingerprint density at radius 1 is 1.10 bits per heavy atom. The number of hydrogen-bond donors (Lipinski definition) is 0. The highest BCUT2D eigenvalue weighted by atomic mass is 16.7. The van der Waals surface area contributed by atoms with Crippen LogP contribution in [0.1, 0.15) is 32.8 Å². The molecule has 1 fully saturated rings. The first kappa shape index (κ1) is 19.1. The molecule has 1 heterocycles. The standard InChI is InChI=1S/C7H14O3.C7H8.C3H8/c1-7(3-8-2)4-9-6-10-5-7;1-7-5-3-2-4-6-7;1-3-2/h3-6H2,1-2H3;2-6H,1H3;3H2,1-2H3. The summed E-state index contributed by atoms with van der Waals surface area (Å²) in [6, 6.07) is 10.3. The predicted octanol–water partition coefficient (Wildman–Crippen LogP) is 4.05. The molecule has 0 amide bonds. The maximum atomic E-state index is 5.14. The third-order valence-corrected chi connectivity index (χ3v) is 2.50. The normalized spacial score (nSPS) is 16.2. The molecule has 116 valence electrons. The lowest BCUT2D eigenvalue weighted by Gasteiger charge is -2.32. The van der Waals surface area contributed by atoms with Crippen LogP contribution in [0.3, 0.4) is 0 Å². The van der Waals surface area contributed by atoms with Crippen molar-refractivity contribution in [3.05, 3.63) is 35.9 Å². The maximum Gasteiger partial charge on any atom is 0.146 e. The van der Waals surface area contributed by atoms with E-state index in [0.29, 0.717) is 13.4 Å². The van der Waals surface area contributed by atoms with Crippen molar-refractivity contribution in [2.24, 2.45) is 5.41 Å². The molecule has 20 heavy (non-hydrogen) atoms. The maximum absolute atomic E-state index is 5.14. The van der Waals surface area contributed by atoms with Crippen molar-refractivity contribution >= 4 is 0 Å². The fraction of sp³-hybridized carbons (Fsp3) is 0.647. The van der Waals surface area contributed by atoms with Crippen LogP contribution in [0.4, 0.5) is 0 Å². The van der Waals surface area contributed by atoms with Gasteiger partial charge in [0.1, 0.15) is 6.79 Å². The Labute approximate surface area is 124 Å². The number of ether oxygens (including phenoxy) is 3. The minimum Gasteiger partial charge on any atom is -0.384 e. The van der Waals surface area contributed by atoms with E-state index in [1.165, 1.54) is 12.0 Å². The number of rotatable bonds is 2. The minimum atomic E-state index is 0.0625. The van der Waals surface area contributed by atoms with Crippen molar-refractivity contribution < 1.29 is 14.2 Å². The first-order valence-electron chi connectivity index (χ1n) is 7.24. The van der Waals surface area contributed by atoms with Gasteiger partial charge in [0.25, 0.3) is 0 Å². The van der Waals surface area contributed by atoms with E-state index in [4.69, 9.17) is 14.2 Å². The van der Waals surface area contributed by atoms with Gasteiger partial charge in [0, 0.05) is 12.5 Å². The highest BCUT2D eigenvalue weighted by molar-refractivity contribution is 5.11. The third-order valence-electron chi connectivity index (χ3n) is 2.50. The van der Waals surface area contributed by atoms with E-state index >= 15 is 0 Å². The lowest BCUT2D eigenvalue weighted by Crippen LogP contribution is -2.38. The summed E-state index contributed by atoms with van der Waals surface area (Å²) >= 11 is 0. The van der Waals surface area contributed by atoms with E-state index in [2.05, 4.69) is 39.8 Å². The van der Waals surface area contributed by atoms with E-state index in [-0.39, 0.29) is 5.41 Å². The Morgan fingerprint density at radius 3 is 1.95 bits per heavy atom. The zero-order chi connectivity index (χ0) is 15.3. The van der Waals surface area contributed by atoms with Gasteiger partial charge < -0.3 is 14.2 Å². The van der Waals surface area contributed by atoms with Crippen LogP contribution in [0.5, 0.6) is 0 Å². The number of aryl methyl sites for hydroxylation is 1. The molecule has 1 aliphatic heterocycles. The lowest BCUT2D eigenvalue weighted by molar-refractivity contribution is -0.172. The number of methoxy groups -OCH3 is 1. The SMILES string of the molecule is CCC.COCC1(C)COCOC1.Cc1ccccc1. The molecule has 3 heteroatoms. The van der Waals surface area contributed by atoms with E-state index < -0.39 is 0 Å². The van der Waals surface area contributed by atoms with Crippen molar-refractivity contribution in [1.29, 1.82) is 0 Å². The summed E-state index contributed by atoms with van der Waals surface area (Å²) < 4.78 is 15.3. The molecule has 0 spiro atoms. The van der Waals surface area contributed by atoms with Gasteiger partial charge in [-0.2, -0.15) is 0 Å². The summed E-state index contributed by atoms with van der Waals surface area (Å²) in [6.07, 6.45) is 1.25. The first-order chi connectivity index (χ1) is 9.58. The Balaban J connectivity index is 0.000000315. The molecule has 0 bridgehead atoms. The zero-order valence-corrected chi connectivity index (χ0v) is 13.6. The molecule has 0 unspecified atom stereocenters. The van der Waals surface area contributed by atoms with Gasteiger partial charge in [0.15, 0.2) is 0 Å². The van der Waals surface area contributed by atoms with Crippen LogP contribution in [0.25, 0.3) is 0 Å². The summed E-state index contributed by atoms with van der Waals surface area (Å²) in [5, 5.41) is 0. The molecule has 0 aliphatic carbocycles. The van der Waals surface area contributed by atoms with Gasteiger partial charge in [0.2, 0.25) is 0 Å². The van der Waals surface area contributed by atoms with Crippen molar-refractivity contribution in [2.75, 3.05) is 33.7 Å². The van der Waals surface area contributed by atoms with Crippen molar-refractivity contribution in [1.82, 2.24) is 0 Å². The summed E-state index contributed by atoms with van der Waals surface area (Å²) in [5.74, 6) is 0. The van der Waals surface area contributed by atoms with Crippen molar-refractivity contribution in [3.63, 3.8) is 0 Å². The fourth-order valence-corrected chi connectivity index (χ4v) is 1.64. The average molecular weight is 282 g/mol. The van der Waals surface area contributed by atoms with Gasteiger partial charge >= 0.3 is 0 Å². The molecule has 0 radical (unpaired) electrons. The minimum absolute atomic E-state index is 0.0625. The van der Waals surface area contributed by atoms with E-state index in [1.54, 1.807) is 7.11 Å². The highest BCUT2D eigenvalue weighted by Gasteiger charge is 2.28. The van der Waals surface area contributed by atoms with E-state index in [9.17, 15) is 0 Å². The second-order valence-corrected chi connectivity index (χ2v) is 5.42. The quantitative estimate of drug-likeness (QED) is 0.819. The molecular weight excluding hydrogens is 252 g/mol. The first-order valence-corrected chi connectivity index (χ1v) is 7.24. The molecule has 0 saturated carbocycles. The van der Waals surface area contributed by atoms with Gasteiger partial charge in [-0.15, -0.1) is 0 Å².